The third-order valence-corrected chi connectivity index (χ3v) is 6.26. The molecule has 2 aliphatic rings. The summed E-state index contributed by atoms with van der Waals surface area (Å²) in [6, 6.07) is 2.76. The maximum Gasteiger partial charge on any atom is 0.224 e. The predicted octanol–water partition coefficient (Wildman–Crippen LogP) is 2.37. The fraction of sp³-hybridized carbons (Fsp3) is 0.647. The lowest BCUT2D eigenvalue weighted by Crippen LogP contribution is -2.40. The molecule has 0 atom stereocenters. The number of morpholine rings is 1. The molecule has 0 spiro atoms. The largest absolute Gasteiger partial charge is 0.378 e. The second-order valence-electron chi connectivity index (χ2n) is 6.80. The van der Waals surface area contributed by atoms with Gasteiger partial charge in [0.25, 0.3) is 0 Å². The molecule has 2 saturated heterocycles. The monoisotopic (exact) mass is 381 g/mol. The van der Waals surface area contributed by atoms with Crippen LogP contribution in [-0.4, -0.2) is 67.4 Å². The summed E-state index contributed by atoms with van der Waals surface area (Å²) in [4.78, 5) is 14.9. The maximum atomic E-state index is 6.17. The Hall–Kier alpha value is -0.990. The number of nitrogens with zero attached hydrogens (tertiary/aromatic N) is 4. The van der Waals surface area contributed by atoms with Crippen molar-refractivity contribution in [2.75, 3.05) is 51.3 Å². The van der Waals surface area contributed by atoms with Crippen LogP contribution >= 0.6 is 22.9 Å². The zero-order chi connectivity index (χ0) is 17.2. The van der Waals surface area contributed by atoms with E-state index in [1.807, 2.05) is 0 Å². The summed E-state index contributed by atoms with van der Waals surface area (Å²) in [5, 5.41) is 4.02. The number of rotatable bonds is 4. The summed E-state index contributed by atoms with van der Waals surface area (Å²) in [6.07, 6.45) is 2.43. The average Bonchev–Trinajstić information content (AvgIpc) is 3.04. The van der Waals surface area contributed by atoms with Crippen molar-refractivity contribution in [1.82, 2.24) is 20.2 Å². The van der Waals surface area contributed by atoms with E-state index in [0.29, 0.717) is 11.3 Å². The number of likely N-dealkylation sites (tertiary alicyclic amines) is 1. The van der Waals surface area contributed by atoms with Crippen molar-refractivity contribution in [3.05, 3.63) is 16.2 Å². The van der Waals surface area contributed by atoms with Gasteiger partial charge in [-0.2, -0.15) is 4.98 Å². The Morgan fingerprint density at radius 1 is 1.24 bits per heavy atom. The predicted molar refractivity (Wildman–Crippen MR) is 103 cm³/mol. The molecule has 2 fully saturated rings. The molecule has 0 amide bonds. The summed E-state index contributed by atoms with van der Waals surface area (Å²) >= 11 is 7.95. The minimum Gasteiger partial charge on any atom is -0.378 e. The number of ether oxygens (including phenoxy) is 1. The van der Waals surface area contributed by atoms with Crippen molar-refractivity contribution in [3.8, 4) is 0 Å². The van der Waals surface area contributed by atoms with E-state index in [1.54, 1.807) is 11.3 Å². The van der Waals surface area contributed by atoms with Gasteiger partial charge in [0.1, 0.15) is 0 Å². The van der Waals surface area contributed by atoms with Gasteiger partial charge in [0.2, 0.25) is 5.28 Å². The van der Waals surface area contributed by atoms with Crippen LogP contribution in [0.15, 0.2) is 6.07 Å². The van der Waals surface area contributed by atoms with Crippen LogP contribution < -0.4 is 10.2 Å². The Kier molecular flexibility index (Phi) is 5.38. The molecule has 0 aliphatic carbocycles. The Bertz CT molecular complexity index is 725. The van der Waals surface area contributed by atoms with Crippen LogP contribution in [0.4, 0.5) is 5.82 Å². The third kappa shape index (κ3) is 4.06. The molecule has 6 nitrogen and oxygen atoms in total. The molecule has 0 bridgehead atoms. The molecule has 0 saturated carbocycles. The van der Waals surface area contributed by atoms with E-state index in [0.717, 1.165) is 48.9 Å². The number of anilines is 1. The SMILES string of the molecule is CN1CCC(NCc2cc3nc(Cl)nc(N4CCOCC4)c3s2)CC1. The molecule has 136 valence electrons. The average molecular weight is 382 g/mol. The highest BCUT2D eigenvalue weighted by molar-refractivity contribution is 7.19. The van der Waals surface area contributed by atoms with Crippen molar-refractivity contribution in [2.45, 2.75) is 25.4 Å². The zero-order valence-electron chi connectivity index (χ0n) is 14.5. The summed E-state index contributed by atoms with van der Waals surface area (Å²) in [5.41, 5.74) is 0.951. The van der Waals surface area contributed by atoms with Crippen LogP contribution in [0.5, 0.6) is 0 Å². The second-order valence-corrected chi connectivity index (χ2v) is 8.28. The molecule has 1 N–H and O–H groups in total. The molecule has 2 aromatic rings. The number of fused-ring (bicyclic) bond motifs is 1. The smallest absolute Gasteiger partial charge is 0.224 e. The fourth-order valence-electron chi connectivity index (χ4n) is 3.47. The van der Waals surface area contributed by atoms with Crippen LogP contribution in [0.1, 0.15) is 17.7 Å². The molecular weight excluding hydrogens is 358 g/mol. The van der Waals surface area contributed by atoms with Crippen LogP contribution in [0.25, 0.3) is 10.2 Å². The highest BCUT2D eigenvalue weighted by atomic mass is 35.5. The second kappa shape index (κ2) is 7.72. The van der Waals surface area contributed by atoms with Gasteiger partial charge in [-0.05, 0) is 50.6 Å². The Labute approximate surface area is 157 Å². The van der Waals surface area contributed by atoms with Gasteiger partial charge < -0.3 is 19.9 Å². The standard InChI is InChI=1S/C17H24ClN5OS/c1-22-4-2-12(3-5-22)19-11-13-10-14-15(25-13)16(21-17(18)20-14)23-6-8-24-9-7-23/h10,12,19H,2-9,11H2,1H3. The number of thiophene rings is 1. The van der Waals surface area contributed by atoms with E-state index >= 15 is 0 Å². The van der Waals surface area contributed by atoms with Crippen molar-refractivity contribution in [3.63, 3.8) is 0 Å². The summed E-state index contributed by atoms with van der Waals surface area (Å²) in [7, 11) is 2.19. The first-order chi connectivity index (χ1) is 12.2. The fourth-order valence-corrected chi connectivity index (χ4v) is 4.71. The first-order valence-corrected chi connectivity index (χ1v) is 10.1. The molecule has 0 aromatic carbocycles. The van der Waals surface area contributed by atoms with E-state index in [-0.39, 0.29) is 0 Å². The molecular formula is C17H24ClN5OS. The van der Waals surface area contributed by atoms with Crippen molar-refractivity contribution < 1.29 is 4.74 Å². The maximum absolute atomic E-state index is 6.17. The number of hydrogen-bond donors (Lipinski definition) is 1. The number of aromatic nitrogens is 2. The summed E-state index contributed by atoms with van der Waals surface area (Å²) < 4.78 is 6.58. The topological polar surface area (TPSA) is 53.5 Å². The van der Waals surface area contributed by atoms with Gasteiger partial charge in [-0.3, -0.25) is 0 Å². The van der Waals surface area contributed by atoms with Crippen LogP contribution in [0.3, 0.4) is 0 Å². The minimum atomic E-state index is 0.321. The van der Waals surface area contributed by atoms with Crippen molar-refractivity contribution >= 4 is 39.0 Å². The van der Waals surface area contributed by atoms with Gasteiger partial charge >= 0.3 is 0 Å². The molecule has 8 heteroatoms. The lowest BCUT2D eigenvalue weighted by Gasteiger charge is -2.29. The number of nitrogens with one attached hydrogen (secondary N) is 1. The highest BCUT2D eigenvalue weighted by Crippen LogP contribution is 2.33. The van der Waals surface area contributed by atoms with Gasteiger partial charge in [0.15, 0.2) is 5.82 Å². The molecule has 0 unspecified atom stereocenters. The summed E-state index contributed by atoms with van der Waals surface area (Å²) in [5.74, 6) is 0.953. The Morgan fingerprint density at radius 2 is 2.00 bits per heavy atom. The summed E-state index contributed by atoms with van der Waals surface area (Å²) in [6.45, 7) is 6.40. The van der Waals surface area contributed by atoms with E-state index < -0.39 is 0 Å². The molecule has 4 heterocycles. The Balaban J connectivity index is 1.51. The van der Waals surface area contributed by atoms with Crippen LogP contribution in [0, 0.1) is 0 Å². The molecule has 2 aromatic heterocycles. The van der Waals surface area contributed by atoms with E-state index in [1.165, 1.54) is 30.8 Å². The Morgan fingerprint density at radius 3 is 2.76 bits per heavy atom. The first-order valence-electron chi connectivity index (χ1n) is 8.89. The van der Waals surface area contributed by atoms with Gasteiger partial charge in [-0.15, -0.1) is 11.3 Å². The quantitative estimate of drug-likeness (QED) is 0.820. The normalized spacial score (nSPS) is 20.5. The molecule has 0 radical (unpaired) electrons. The first kappa shape index (κ1) is 17.4. The van der Waals surface area contributed by atoms with Crippen LogP contribution in [0.2, 0.25) is 5.28 Å². The van der Waals surface area contributed by atoms with E-state index in [9.17, 15) is 0 Å². The number of hydrogen-bond acceptors (Lipinski definition) is 7. The highest BCUT2D eigenvalue weighted by Gasteiger charge is 2.20. The van der Waals surface area contributed by atoms with Crippen molar-refractivity contribution in [2.24, 2.45) is 0 Å². The number of piperidine rings is 1. The van der Waals surface area contributed by atoms with Crippen molar-refractivity contribution in [1.29, 1.82) is 0 Å². The third-order valence-electron chi connectivity index (χ3n) is 4.97. The lowest BCUT2D eigenvalue weighted by molar-refractivity contribution is 0.122. The van der Waals surface area contributed by atoms with E-state index in [2.05, 4.69) is 38.2 Å². The van der Waals surface area contributed by atoms with E-state index in [4.69, 9.17) is 16.3 Å². The molecule has 25 heavy (non-hydrogen) atoms. The van der Waals surface area contributed by atoms with Gasteiger partial charge in [-0.1, -0.05) is 0 Å². The molecule has 2 aliphatic heterocycles. The number of halogens is 1. The zero-order valence-corrected chi connectivity index (χ0v) is 16.1. The van der Waals surface area contributed by atoms with Crippen LogP contribution in [-0.2, 0) is 11.3 Å². The lowest BCUT2D eigenvalue weighted by atomic mass is 10.1. The van der Waals surface area contributed by atoms with Gasteiger partial charge in [0.05, 0.1) is 23.4 Å². The van der Waals surface area contributed by atoms with Gasteiger partial charge in [0, 0.05) is 30.6 Å². The minimum absolute atomic E-state index is 0.321. The van der Waals surface area contributed by atoms with Gasteiger partial charge in [-0.25, -0.2) is 4.98 Å². The molecule has 4 rings (SSSR count).